The molecule has 2 heterocycles. The first-order valence-electron chi connectivity index (χ1n) is 10.4. The van der Waals surface area contributed by atoms with Crippen LogP contribution in [0.5, 0.6) is 0 Å². The van der Waals surface area contributed by atoms with Crippen LogP contribution in [0.25, 0.3) is 10.2 Å². The molecule has 0 bridgehead atoms. The highest BCUT2D eigenvalue weighted by molar-refractivity contribution is 7.18. The summed E-state index contributed by atoms with van der Waals surface area (Å²) in [5.74, 6) is -0.347. The number of nitrogens with one attached hydrogen (secondary N) is 1. The Balaban J connectivity index is 1.90. The molecular weight excluding hydrogens is 409 g/mol. The first-order chi connectivity index (χ1) is 14.1. The van der Waals surface area contributed by atoms with E-state index in [9.17, 15) is 18.8 Å². The molecule has 166 valence electrons. The van der Waals surface area contributed by atoms with Crippen molar-refractivity contribution in [2.24, 2.45) is 0 Å². The van der Waals surface area contributed by atoms with E-state index >= 15 is 0 Å². The summed E-state index contributed by atoms with van der Waals surface area (Å²) in [5, 5.41) is 3.63. The zero-order valence-corrected chi connectivity index (χ0v) is 18.9. The lowest BCUT2D eigenvalue weighted by Gasteiger charge is -2.19. The molecule has 1 saturated carbocycles. The second-order valence-corrected chi connectivity index (χ2v) is 9.84. The van der Waals surface area contributed by atoms with Crippen molar-refractivity contribution < 1.29 is 13.9 Å². The van der Waals surface area contributed by atoms with E-state index in [0.717, 1.165) is 23.3 Å². The molecule has 0 atom stereocenters. The van der Waals surface area contributed by atoms with Crippen LogP contribution in [0.2, 0.25) is 0 Å². The molecule has 2 aromatic rings. The van der Waals surface area contributed by atoms with Gasteiger partial charge in [0.05, 0.1) is 18.6 Å². The lowest BCUT2D eigenvalue weighted by Crippen LogP contribution is -2.39. The molecule has 1 N–H and O–H groups in total. The summed E-state index contributed by atoms with van der Waals surface area (Å²) >= 11 is 1.38. The Morgan fingerprint density at radius 1 is 1.27 bits per heavy atom. The summed E-state index contributed by atoms with van der Waals surface area (Å²) in [7, 11) is 0. The van der Waals surface area contributed by atoms with Gasteiger partial charge in [0, 0.05) is 24.0 Å². The van der Waals surface area contributed by atoms with Gasteiger partial charge >= 0.3 is 11.7 Å². The quantitative estimate of drug-likeness (QED) is 0.480. The van der Waals surface area contributed by atoms with E-state index in [0.29, 0.717) is 36.1 Å². The number of hydrogen-bond donors (Lipinski definition) is 1. The number of unbranched alkanes of at least 4 members (excludes halogenated alkanes) is 1. The van der Waals surface area contributed by atoms with Crippen molar-refractivity contribution in [3.8, 4) is 0 Å². The summed E-state index contributed by atoms with van der Waals surface area (Å²) in [6, 6.07) is -0.0325. The second kappa shape index (κ2) is 9.01. The van der Waals surface area contributed by atoms with Gasteiger partial charge < -0.3 is 10.1 Å². The van der Waals surface area contributed by atoms with Crippen molar-refractivity contribution in [1.29, 1.82) is 0 Å². The molecule has 3 rings (SSSR count). The molecule has 2 aromatic heterocycles. The van der Waals surface area contributed by atoms with Crippen LogP contribution in [-0.4, -0.2) is 33.9 Å². The van der Waals surface area contributed by atoms with Crippen molar-refractivity contribution >= 4 is 27.5 Å². The van der Waals surface area contributed by atoms with Crippen molar-refractivity contribution in [3.05, 3.63) is 31.3 Å². The minimum absolute atomic E-state index is 0.0325. The molecule has 1 aliphatic rings. The van der Waals surface area contributed by atoms with Crippen LogP contribution in [0.15, 0.2) is 9.59 Å². The van der Waals surface area contributed by atoms with Crippen LogP contribution in [0, 0.1) is 6.92 Å². The molecule has 0 spiro atoms. The van der Waals surface area contributed by atoms with Crippen LogP contribution in [0.4, 0.5) is 4.39 Å². The van der Waals surface area contributed by atoms with Gasteiger partial charge in [-0.3, -0.25) is 23.1 Å². The van der Waals surface area contributed by atoms with Crippen LogP contribution in [0.1, 0.15) is 62.9 Å². The maximum absolute atomic E-state index is 13.1. The van der Waals surface area contributed by atoms with Gasteiger partial charge in [0.1, 0.15) is 10.4 Å². The van der Waals surface area contributed by atoms with Gasteiger partial charge in [-0.25, -0.2) is 4.79 Å². The Hall–Kier alpha value is -2.00. The number of rotatable bonds is 9. The Bertz CT molecular complexity index is 1040. The molecule has 0 unspecified atom stereocenters. The minimum Gasteiger partial charge on any atom is -0.459 e. The van der Waals surface area contributed by atoms with Crippen LogP contribution in [0.3, 0.4) is 0 Å². The molecule has 0 radical (unpaired) electrons. The number of esters is 1. The lowest BCUT2D eigenvalue weighted by molar-refractivity contribution is -0.153. The number of fused-ring (bicyclic) bond motifs is 1. The summed E-state index contributed by atoms with van der Waals surface area (Å²) in [6.07, 6.45) is 2.58. The zero-order valence-electron chi connectivity index (χ0n) is 18.0. The van der Waals surface area contributed by atoms with Gasteiger partial charge in [-0.1, -0.05) is 0 Å². The monoisotopic (exact) mass is 439 g/mol. The average molecular weight is 440 g/mol. The fraction of sp³-hybridized carbons (Fsp3) is 0.667. The molecule has 7 nitrogen and oxygen atoms in total. The summed E-state index contributed by atoms with van der Waals surface area (Å²) in [6.45, 7) is 7.72. The number of hydrogen-bond acceptors (Lipinski definition) is 6. The molecule has 9 heteroatoms. The smallest absolute Gasteiger partial charge is 0.332 e. The Kier molecular flexibility index (Phi) is 6.81. The first kappa shape index (κ1) is 22.7. The van der Waals surface area contributed by atoms with E-state index in [1.54, 1.807) is 4.57 Å². The van der Waals surface area contributed by atoms with Gasteiger partial charge in [0.15, 0.2) is 0 Å². The number of ether oxygens (including phenoxy) is 1. The average Bonchev–Trinajstić information content (AvgIpc) is 3.41. The Morgan fingerprint density at radius 2 is 1.97 bits per heavy atom. The Labute approximate surface area is 178 Å². The summed E-state index contributed by atoms with van der Waals surface area (Å²) in [4.78, 5) is 39.5. The van der Waals surface area contributed by atoms with E-state index in [1.807, 2.05) is 27.7 Å². The van der Waals surface area contributed by atoms with Gasteiger partial charge in [0.25, 0.3) is 5.56 Å². The third-order valence-corrected chi connectivity index (χ3v) is 6.31. The highest BCUT2D eigenvalue weighted by Crippen LogP contribution is 2.34. The predicted octanol–water partition coefficient (Wildman–Crippen LogP) is 3.05. The van der Waals surface area contributed by atoms with E-state index in [4.69, 9.17) is 4.74 Å². The number of nitrogens with zero attached hydrogens (tertiary/aromatic N) is 2. The van der Waals surface area contributed by atoms with Crippen molar-refractivity contribution in [1.82, 2.24) is 14.5 Å². The van der Waals surface area contributed by atoms with Gasteiger partial charge in [-0.15, -0.1) is 11.3 Å². The third kappa shape index (κ3) is 5.00. The van der Waals surface area contributed by atoms with Crippen molar-refractivity contribution in [3.63, 3.8) is 0 Å². The maximum atomic E-state index is 13.1. The molecule has 0 aromatic carbocycles. The van der Waals surface area contributed by atoms with Crippen molar-refractivity contribution in [2.75, 3.05) is 13.2 Å². The standard InChI is InChI=1S/C21H30FN3O4S/c1-13-15(11-23-12-16(26)29-21(2,3)4)30-19-17(13)18(27)25(14-7-8-14)20(28)24(19)10-6-5-9-22/h14,23H,5-12H2,1-4H3. The van der Waals surface area contributed by atoms with E-state index < -0.39 is 12.3 Å². The number of aryl methyl sites for hydroxylation is 2. The number of halogens is 1. The molecule has 30 heavy (non-hydrogen) atoms. The number of thiophene rings is 1. The fourth-order valence-corrected chi connectivity index (χ4v) is 4.74. The summed E-state index contributed by atoms with van der Waals surface area (Å²) in [5.41, 5.74) is -0.268. The lowest BCUT2D eigenvalue weighted by atomic mass is 10.2. The highest BCUT2D eigenvalue weighted by atomic mass is 32.1. The largest absolute Gasteiger partial charge is 0.459 e. The molecular formula is C21H30FN3O4S. The first-order valence-corrected chi connectivity index (χ1v) is 11.2. The maximum Gasteiger partial charge on any atom is 0.332 e. The van der Waals surface area contributed by atoms with Crippen LogP contribution < -0.4 is 16.6 Å². The van der Waals surface area contributed by atoms with E-state index in [2.05, 4.69) is 5.32 Å². The number of alkyl halides is 1. The Morgan fingerprint density at radius 3 is 2.57 bits per heavy atom. The fourth-order valence-electron chi connectivity index (χ4n) is 3.45. The predicted molar refractivity (Wildman–Crippen MR) is 116 cm³/mol. The molecule has 0 saturated heterocycles. The van der Waals surface area contributed by atoms with Gasteiger partial charge in [-0.2, -0.15) is 0 Å². The highest BCUT2D eigenvalue weighted by Gasteiger charge is 2.30. The number of carbonyl (C=O) groups excluding carboxylic acids is 1. The molecule has 0 aliphatic heterocycles. The number of carbonyl (C=O) groups is 1. The van der Waals surface area contributed by atoms with Crippen LogP contribution in [-0.2, 0) is 22.6 Å². The second-order valence-electron chi connectivity index (χ2n) is 8.76. The third-order valence-electron chi connectivity index (χ3n) is 4.99. The normalized spacial score (nSPS) is 14.4. The summed E-state index contributed by atoms with van der Waals surface area (Å²) < 4.78 is 20.9. The zero-order chi connectivity index (χ0) is 22.1. The van der Waals surface area contributed by atoms with E-state index in [-0.39, 0.29) is 29.8 Å². The molecule has 1 fully saturated rings. The SMILES string of the molecule is Cc1c(CNCC(=O)OC(C)(C)C)sc2c1c(=O)n(C1CC1)c(=O)n2CCCCF. The minimum atomic E-state index is -0.546. The molecule has 0 amide bonds. The van der Waals surface area contributed by atoms with Crippen molar-refractivity contribution in [2.45, 2.75) is 78.1 Å². The van der Waals surface area contributed by atoms with Crippen LogP contribution >= 0.6 is 11.3 Å². The van der Waals surface area contributed by atoms with Gasteiger partial charge in [-0.05, 0) is 58.9 Å². The molecule has 1 aliphatic carbocycles. The van der Waals surface area contributed by atoms with E-state index in [1.165, 1.54) is 15.9 Å². The topological polar surface area (TPSA) is 82.3 Å². The number of aromatic nitrogens is 2. The van der Waals surface area contributed by atoms with Gasteiger partial charge in [0.2, 0.25) is 0 Å².